The van der Waals surface area contributed by atoms with Gasteiger partial charge in [-0.25, -0.2) is 0 Å². The van der Waals surface area contributed by atoms with Crippen LogP contribution in [-0.4, -0.2) is 57.6 Å². The summed E-state index contributed by atoms with van der Waals surface area (Å²) in [5.74, 6) is -0.268. The van der Waals surface area contributed by atoms with Gasteiger partial charge in [0.25, 0.3) is 0 Å². The summed E-state index contributed by atoms with van der Waals surface area (Å²) in [6.07, 6.45) is 3.44. The first-order valence-corrected chi connectivity index (χ1v) is 6.99. The molecule has 7 nitrogen and oxygen atoms in total. The van der Waals surface area contributed by atoms with Crippen LogP contribution in [0.1, 0.15) is 19.8 Å². The Hall–Kier alpha value is -2.05. The summed E-state index contributed by atoms with van der Waals surface area (Å²) in [7, 11) is 0. The Morgan fingerprint density at radius 1 is 1.15 bits per heavy atom. The van der Waals surface area contributed by atoms with Crippen molar-refractivity contribution < 1.29 is 9.59 Å². The van der Waals surface area contributed by atoms with E-state index >= 15 is 0 Å². The predicted molar refractivity (Wildman–Crippen MR) is 74.7 cm³/mol. The van der Waals surface area contributed by atoms with Gasteiger partial charge < -0.3 is 15.5 Å². The van der Waals surface area contributed by atoms with E-state index < -0.39 is 0 Å². The lowest BCUT2D eigenvalue weighted by molar-refractivity contribution is -0.156. The third-order valence-electron chi connectivity index (χ3n) is 3.37. The largest absolute Gasteiger partial charge is 0.382 e. The highest BCUT2D eigenvalue weighted by Crippen LogP contribution is 2.07. The van der Waals surface area contributed by atoms with Gasteiger partial charge in [0, 0.05) is 38.9 Å². The Morgan fingerprint density at radius 2 is 1.80 bits per heavy atom. The second-order valence-corrected chi connectivity index (χ2v) is 4.94. The smallest absolute Gasteiger partial charge is 0.312 e. The molecule has 0 aliphatic carbocycles. The van der Waals surface area contributed by atoms with Crippen molar-refractivity contribution in [2.75, 3.05) is 31.9 Å². The lowest BCUT2D eigenvalue weighted by Crippen LogP contribution is -2.54. The lowest BCUT2D eigenvalue weighted by Gasteiger charge is -2.33. The molecule has 1 saturated heterocycles. The number of hydrogen-bond acceptors (Lipinski definition) is 4. The Labute approximate surface area is 118 Å². The van der Waals surface area contributed by atoms with Crippen LogP contribution in [0.15, 0.2) is 12.3 Å². The Kier molecular flexibility index (Phi) is 4.60. The third-order valence-corrected chi connectivity index (χ3v) is 3.37. The van der Waals surface area contributed by atoms with Gasteiger partial charge in [-0.15, -0.1) is 0 Å². The van der Waals surface area contributed by atoms with Crippen LogP contribution in [0.25, 0.3) is 0 Å². The van der Waals surface area contributed by atoms with Crippen LogP contribution in [0.5, 0.6) is 0 Å². The number of aryl methyl sites for hydroxylation is 1. The van der Waals surface area contributed by atoms with Crippen LogP contribution in [0.2, 0.25) is 0 Å². The maximum Gasteiger partial charge on any atom is 0.312 e. The Balaban J connectivity index is 1.79. The zero-order valence-electron chi connectivity index (χ0n) is 11.8. The van der Waals surface area contributed by atoms with Crippen molar-refractivity contribution in [2.24, 2.45) is 0 Å². The van der Waals surface area contributed by atoms with Crippen molar-refractivity contribution in [1.29, 1.82) is 0 Å². The predicted octanol–water partition coefficient (Wildman–Crippen LogP) is -0.0638. The van der Waals surface area contributed by atoms with Gasteiger partial charge in [-0.2, -0.15) is 5.10 Å². The first kappa shape index (κ1) is 14.4. The lowest BCUT2D eigenvalue weighted by atomic mass is 10.2. The highest BCUT2D eigenvalue weighted by molar-refractivity contribution is 6.35. The second-order valence-electron chi connectivity index (χ2n) is 4.94. The van der Waals surface area contributed by atoms with E-state index in [0.717, 1.165) is 12.8 Å². The SMILES string of the molecule is CCCN1CCN(CCCn2ccc(N)n2)C(=O)C1=O. The summed E-state index contributed by atoms with van der Waals surface area (Å²) in [5.41, 5.74) is 5.53. The topological polar surface area (TPSA) is 84.5 Å². The van der Waals surface area contributed by atoms with E-state index in [2.05, 4.69) is 5.10 Å². The van der Waals surface area contributed by atoms with Gasteiger partial charge in [0.15, 0.2) is 0 Å². The summed E-state index contributed by atoms with van der Waals surface area (Å²) < 4.78 is 1.75. The number of nitrogen functional groups attached to an aromatic ring is 1. The van der Waals surface area contributed by atoms with Gasteiger partial charge in [-0.1, -0.05) is 6.92 Å². The number of nitrogens with zero attached hydrogens (tertiary/aromatic N) is 4. The minimum Gasteiger partial charge on any atom is -0.382 e. The standard InChI is InChI=1S/C13H21N5O2/c1-2-5-16-9-10-17(13(20)12(16)19)6-3-7-18-8-4-11(14)15-18/h4,8H,2-3,5-7,9-10H2,1H3,(H2,14,15). The molecule has 0 bridgehead atoms. The van der Waals surface area contributed by atoms with Crippen molar-refractivity contribution in [3.8, 4) is 0 Å². The molecule has 2 heterocycles. The number of carbonyl (C=O) groups excluding carboxylic acids is 2. The molecule has 1 aliphatic rings. The minimum atomic E-state index is -0.385. The second kappa shape index (κ2) is 6.40. The molecule has 0 aromatic carbocycles. The molecular weight excluding hydrogens is 258 g/mol. The summed E-state index contributed by atoms with van der Waals surface area (Å²) >= 11 is 0. The van der Waals surface area contributed by atoms with E-state index in [0.29, 0.717) is 38.5 Å². The molecule has 1 aromatic heterocycles. The summed E-state index contributed by atoms with van der Waals surface area (Å²) in [4.78, 5) is 27.1. The molecule has 110 valence electrons. The Bertz CT molecular complexity index is 485. The number of nitrogens with two attached hydrogens (primary N) is 1. The molecular formula is C13H21N5O2. The first-order valence-electron chi connectivity index (χ1n) is 6.99. The zero-order valence-corrected chi connectivity index (χ0v) is 11.8. The first-order chi connectivity index (χ1) is 9.61. The molecule has 0 atom stereocenters. The molecule has 0 spiro atoms. The molecule has 1 aliphatic heterocycles. The van der Waals surface area contributed by atoms with Crippen LogP contribution in [0, 0.1) is 0 Å². The highest BCUT2D eigenvalue weighted by Gasteiger charge is 2.31. The number of amides is 2. The number of aromatic nitrogens is 2. The van der Waals surface area contributed by atoms with Crippen molar-refractivity contribution in [3.63, 3.8) is 0 Å². The maximum atomic E-state index is 11.9. The monoisotopic (exact) mass is 279 g/mol. The molecule has 20 heavy (non-hydrogen) atoms. The summed E-state index contributed by atoms with van der Waals surface area (Å²) in [5, 5.41) is 4.08. The molecule has 0 saturated carbocycles. The number of piperazine rings is 1. The molecule has 7 heteroatoms. The van der Waals surface area contributed by atoms with Crippen LogP contribution < -0.4 is 5.73 Å². The average Bonchev–Trinajstić information content (AvgIpc) is 2.84. The maximum absolute atomic E-state index is 11.9. The Morgan fingerprint density at radius 3 is 2.35 bits per heavy atom. The number of rotatable bonds is 6. The normalized spacial score (nSPS) is 16.1. The molecule has 1 aromatic rings. The van der Waals surface area contributed by atoms with Gasteiger partial charge in [0.2, 0.25) is 0 Å². The van der Waals surface area contributed by atoms with Crippen LogP contribution >= 0.6 is 0 Å². The quantitative estimate of drug-likeness (QED) is 0.739. The van der Waals surface area contributed by atoms with E-state index in [1.807, 2.05) is 13.1 Å². The molecule has 2 amide bonds. The number of carbonyl (C=O) groups is 2. The average molecular weight is 279 g/mol. The van der Waals surface area contributed by atoms with Gasteiger partial charge in [0.05, 0.1) is 0 Å². The van der Waals surface area contributed by atoms with E-state index in [-0.39, 0.29) is 11.8 Å². The molecule has 0 radical (unpaired) electrons. The fourth-order valence-electron chi connectivity index (χ4n) is 2.34. The van der Waals surface area contributed by atoms with Gasteiger partial charge in [-0.3, -0.25) is 14.3 Å². The summed E-state index contributed by atoms with van der Waals surface area (Å²) in [6, 6.07) is 1.73. The third kappa shape index (κ3) is 3.28. The van der Waals surface area contributed by atoms with Crippen molar-refractivity contribution in [2.45, 2.75) is 26.3 Å². The summed E-state index contributed by atoms with van der Waals surface area (Å²) in [6.45, 7) is 5.17. The number of hydrogen-bond donors (Lipinski definition) is 1. The fourth-order valence-corrected chi connectivity index (χ4v) is 2.34. The van der Waals surface area contributed by atoms with Crippen LogP contribution in [-0.2, 0) is 16.1 Å². The van der Waals surface area contributed by atoms with E-state index in [4.69, 9.17) is 5.73 Å². The van der Waals surface area contributed by atoms with E-state index in [1.165, 1.54) is 0 Å². The highest BCUT2D eigenvalue weighted by atomic mass is 16.2. The molecule has 0 unspecified atom stereocenters. The van der Waals surface area contributed by atoms with Crippen LogP contribution in [0.4, 0.5) is 5.82 Å². The molecule has 2 rings (SSSR count). The molecule has 1 fully saturated rings. The zero-order chi connectivity index (χ0) is 14.5. The van der Waals surface area contributed by atoms with Crippen molar-refractivity contribution in [3.05, 3.63) is 12.3 Å². The van der Waals surface area contributed by atoms with Gasteiger partial charge in [-0.05, 0) is 18.9 Å². The van der Waals surface area contributed by atoms with Gasteiger partial charge >= 0.3 is 11.8 Å². The fraction of sp³-hybridized carbons (Fsp3) is 0.615. The van der Waals surface area contributed by atoms with E-state index in [9.17, 15) is 9.59 Å². The van der Waals surface area contributed by atoms with E-state index in [1.54, 1.807) is 20.5 Å². The van der Waals surface area contributed by atoms with Crippen molar-refractivity contribution in [1.82, 2.24) is 19.6 Å². The van der Waals surface area contributed by atoms with Crippen molar-refractivity contribution >= 4 is 17.6 Å². The van der Waals surface area contributed by atoms with Crippen LogP contribution in [0.3, 0.4) is 0 Å². The minimum absolute atomic E-state index is 0.374. The number of anilines is 1. The van der Waals surface area contributed by atoms with Gasteiger partial charge in [0.1, 0.15) is 5.82 Å². The molecule has 2 N–H and O–H groups in total.